The first kappa shape index (κ1) is 15.8. The SMILES string of the molecule is CCc1cc(CC[C@H](O)CN)cc(OC(F)(F)F)c1. The molecule has 0 aromatic heterocycles. The molecule has 6 heteroatoms. The predicted molar refractivity (Wildman–Crippen MR) is 65.9 cm³/mol. The van der Waals surface area contributed by atoms with Gasteiger partial charge in [0, 0.05) is 6.54 Å². The molecule has 0 heterocycles. The zero-order valence-corrected chi connectivity index (χ0v) is 10.7. The molecule has 0 unspecified atom stereocenters. The smallest absolute Gasteiger partial charge is 0.406 e. The third-order valence-corrected chi connectivity index (χ3v) is 2.71. The molecule has 0 radical (unpaired) electrons. The van der Waals surface area contributed by atoms with Crippen molar-refractivity contribution in [3.63, 3.8) is 0 Å². The zero-order valence-electron chi connectivity index (χ0n) is 10.7. The van der Waals surface area contributed by atoms with Crippen LogP contribution in [0, 0.1) is 0 Å². The standard InChI is InChI=1S/C13H18F3NO2/c1-2-9-5-10(3-4-11(18)8-17)7-12(6-9)19-13(14,15)16/h5-7,11,18H,2-4,8,17H2,1H3/t11-/m0/s1. The number of halogens is 3. The predicted octanol–water partition coefficient (Wildman–Crippen LogP) is 2.40. The fourth-order valence-corrected chi connectivity index (χ4v) is 1.72. The largest absolute Gasteiger partial charge is 0.573 e. The van der Waals surface area contributed by atoms with Gasteiger partial charge in [-0.15, -0.1) is 13.2 Å². The average Bonchev–Trinajstić information content (AvgIpc) is 2.33. The average molecular weight is 277 g/mol. The van der Waals surface area contributed by atoms with Crippen molar-refractivity contribution in [3.8, 4) is 5.75 Å². The highest BCUT2D eigenvalue weighted by molar-refractivity contribution is 5.34. The lowest BCUT2D eigenvalue weighted by Crippen LogP contribution is -2.20. The van der Waals surface area contributed by atoms with Crippen LogP contribution in [0.1, 0.15) is 24.5 Å². The summed E-state index contributed by atoms with van der Waals surface area (Å²) in [6, 6.07) is 4.53. The molecule has 0 aliphatic rings. The second-order valence-electron chi connectivity index (χ2n) is 4.31. The third-order valence-electron chi connectivity index (χ3n) is 2.71. The van der Waals surface area contributed by atoms with Crippen molar-refractivity contribution in [3.05, 3.63) is 29.3 Å². The van der Waals surface area contributed by atoms with Gasteiger partial charge in [0.2, 0.25) is 0 Å². The minimum Gasteiger partial charge on any atom is -0.406 e. The van der Waals surface area contributed by atoms with Crippen LogP contribution in [0.15, 0.2) is 18.2 Å². The third kappa shape index (κ3) is 5.94. The summed E-state index contributed by atoms with van der Waals surface area (Å²) >= 11 is 0. The quantitative estimate of drug-likeness (QED) is 0.839. The summed E-state index contributed by atoms with van der Waals surface area (Å²) in [7, 11) is 0. The molecule has 1 aromatic rings. The van der Waals surface area contributed by atoms with Crippen LogP contribution in [0.2, 0.25) is 0 Å². The fraction of sp³-hybridized carbons (Fsp3) is 0.538. The maximum absolute atomic E-state index is 12.2. The Hall–Kier alpha value is -1.27. The monoisotopic (exact) mass is 277 g/mol. The Morgan fingerprint density at radius 1 is 1.26 bits per heavy atom. The Balaban J connectivity index is 2.83. The van der Waals surface area contributed by atoms with Gasteiger partial charge in [-0.25, -0.2) is 0 Å². The topological polar surface area (TPSA) is 55.5 Å². The van der Waals surface area contributed by atoms with Gasteiger partial charge >= 0.3 is 6.36 Å². The number of ether oxygens (including phenoxy) is 1. The van der Waals surface area contributed by atoms with E-state index >= 15 is 0 Å². The molecule has 1 rings (SSSR count). The van der Waals surface area contributed by atoms with E-state index < -0.39 is 12.5 Å². The second-order valence-corrected chi connectivity index (χ2v) is 4.31. The molecule has 19 heavy (non-hydrogen) atoms. The van der Waals surface area contributed by atoms with Gasteiger partial charge in [-0.2, -0.15) is 0 Å². The highest BCUT2D eigenvalue weighted by atomic mass is 19.4. The number of aliphatic hydroxyl groups excluding tert-OH is 1. The van der Waals surface area contributed by atoms with Crippen molar-refractivity contribution < 1.29 is 23.0 Å². The van der Waals surface area contributed by atoms with Crippen LogP contribution in [0.4, 0.5) is 13.2 Å². The summed E-state index contributed by atoms with van der Waals surface area (Å²) in [4.78, 5) is 0. The number of nitrogens with two attached hydrogens (primary N) is 1. The maximum atomic E-state index is 12.2. The molecular weight excluding hydrogens is 259 g/mol. The van der Waals surface area contributed by atoms with E-state index in [-0.39, 0.29) is 12.3 Å². The van der Waals surface area contributed by atoms with Gasteiger partial charge in [0.25, 0.3) is 0 Å². The van der Waals surface area contributed by atoms with Crippen molar-refractivity contribution in [1.29, 1.82) is 0 Å². The van der Waals surface area contributed by atoms with Gasteiger partial charge < -0.3 is 15.6 Å². The maximum Gasteiger partial charge on any atom is 0.573 e. The molecule has 3 N–H and O–H groups in total. The first-order valence-corrected chi connectivity index (χ1v) is 6.10. The highest BCUT2D eigenvalue weighted by Gasteiger charge is 2.31. The van der Waals surface area contributed by atoms with Crippen LogP contribution in [0.5, 0.6) is 5.75 Å². The number of aliphatic hydroxyl groups is 1. The molecule has 3 nitrogen and oxygen atoms in total. The van der Waals surface area contributed by atoms with Crippen LogP contribution in [0.25, 0.3) is 0 Å². The number of hydrogen-bond acceptors (Lipinski definition) is 3. The van der Waals surface area contributed by atoms with Gasteiger partial charge in [-0.05, 0) is 42.5 Å². The summed E-state index contributed by atoms with van der Waals surface area (Å²) in [6.45, 7) is 1.99. The van der Waals surface area contributed by atoms with Crippen LogP contribution in [0.3, 0.4) is 0 Å². The molecule has 0 saturated carbocycles. The number of aryl methyl sites for hydroxylation is 2. The highest BCUT2D eigenvalue weighted by Crippen LogP contribution is 2.26. The van der Waals surface area contributed by atoms with Crippen LogP contribution < -0.4 is 10.5 Å². The number of rotatable bonds is 6. The van der Waals surface area contributed by atoms with Gasteiger partial charge in [0.1, 0.15) is 5.75 Å². The molecule has 108 valence electrons. The lowest BCUT2D eigenvalue weighted by Gasteiger charge is -2.13. The van der Waals surface area contributed by atoms with E-state index in [1.165, 1.54) is 12.1 Å². The van der Waals surface area contributed by atoms with E-state index in [2.05, 4.69) is 4.74 Å². The van der Waals surface area contributed by atoms with Crippen molar-refractivity contribution in [2.75, 3.05) is 6.54 Å². The van der Waals surface area contributed by atoms with E-state index in [4.69, 9.17) is 5.73 Å². The van der Waals surface area contributed by atoms with Crippen LogP contribution in [-0.4, -0.2) is 24.1 Å². The van der Waals surface area contributed by atoms with E-state index in [1.54, 1.807) is 0 Å². The molecule has 0 fully saturated rings. The Kier molecular flexibility index (Phi) is 5.62. The Labute approximate surface area is 110 Å². The normalized spacial score (nSPS) is 13.4. The molecule has 1 aromatic carbocycles. The van der Waals surface area contributed by atoms with Crippen molar-refractivity contribution in [1.82, 2.24) is 0 Å². The van der Waals surface area contributed by atoms with Crippen molar-refractivity contribution in [2.24, 2.45) is 5.73 Å². The zero-order chi connectivity index (χ0) is 14.5. The number of hydrogen-bond donors (Lipinski definition) is 2. The molecular formula is C13H18F3NO2. The van der Waals surface area contributed by atoms with E-state index in [1.807, 2.05) is 13.0 Å². The summed E-state index contributed by atoms with van der Waals surface area (Å²) < 4.78 is 40.5. The van der Waals surface area contributed by atoms with Gasteiger partial charge in [-0.3, -0.25) is 0 Å². The van der Waals surface area contributed by atoms with E-state index in [9.17, 15) is 18.3 Å². The Morgan fingerprint density at radius 2 is 1.89 bits per heavy atom. The summed E-state index contributed by atoms with van der Waals surface area (Å²) in [5.74, 6) is -0.218. The summed E-state index contributed by atoms with van der Waals surface area (Å²) in [5.41, 5.74) is 6.75. The molecule has 0 amide bonds. The van der Waals surface area contributed by atoms with Gasteiger partial charge in [0.05, 0.1) is 6.10 Å². The molecule has 0 spiro atoms. The van der Waals surface area contributed by atoms with Crippen molar-refractivity contribution in [2.45, 2.75) is 38.7 Å². The first-order chi connectivity index (χ1) is 8.84. The fourth-order valence-electron chi connectivity index (χ4n) is 1.72. The second kappa shape index (κ2) is 6.77. The summed E-state index contributed by atoms with van der Waals surface area (Å²) in [6.07, 6.45) is -3.85. The molecule has 0 aliphatic heterocycles. The Morgan fingerprint density at radius 3 is 2.42 bits per heavy atom. The van der Waals surface area contributed by atoms with Crippen LogP contribution >= 0.6 is 0 Å². The number of benzene rings is 1. The first-order valence-electron chi connectivity index (χ1n) is 6.10. The number of alkyl halides is 3. The minimum absolute atomic E-state index is 0.138. The minimum atomic E-state index is -4.69. The molecule has 0 aliphatic carbocycles. The molecule has 0 bridgehead atoms. The molecule has 1 atom stereocenters. The van der Waals surface area contributed by atoms with Gasteiger partial charge in [-0.1, -0.05) is 13.0 Å². The van der Waals surface area contributed by atoms with Gasteiger partial charge in [0.15, 0.2) is 0 Å². The summed E-state index contributed by atoms with van der Waals surface area (Å²) in [5, 5.41) is 9.37. The molecule has 0 saturated heterocycles. The van der Waals surface area contributed by atoms with Crippen LogP contribution in [-0.2, 0) is 12.8 Å². The lowest BCUT2D eigenvalue weighted by atomic mass is 10.0. The van der Waals surface area contributed by atoms with Crippen molar-refractivity contribution >= 4 is 0 Å². The van der Waals surface area contributed by atoms with E-state index in [0.29, 0.717) is 24.8 Å². The lowest BCUT2D eigenvalue weighted by molar-refractivity contribution is -0.274. The van der Waals surface area contributed by atoms with E-state index in [0.717, 1.165) is 5.56 Å². The Bertz CT molecular complexity index is 407.